The van der Waals surface area contributed by atoms with Gasteiger partial charge in [-0.25, -0.2) is 4.39 Å². The first kappa shape index (κ1) is 12.4. The van der Waals surface area contributed by atoms with Gasteiger partial charge in [-0.2, -0.15) is 0 Å². The molecule has 0 aromatic heterocycles. The van der Waals surface area contributed by atoms with Crippen LogP contribution in [0.25, 0.3) is 0 Å². The van der Waals surface area contributed by atoms with Gasteiger partial charge in [0, 0.05) is 25.2 Å². The highest BCUT2D eigenvalue weighted by atomic mass is 35.5. The molecule has 0 unspecified atom stereocenters. The van der Waals surface area contributed by atoms with Crippen molar-refractivity contribution >= 4 is 11.6 Å². The highest BCUT2D eigenvalue weighted by Crippen LogP contribution is 2.18. The Labute approximate surface area is 94.8 Å². The van der Waals surface area contributed by atoms with Gasteiger partial charge >= 0.3 is 0 Å². The second-order valence-electron chi connectivity index (χ2n) is 3.37. The third kappa shape index (κ3) is 3.45. The number of benzene rings is 1. The molecule has 0 aliphatic carbocycles. The van der Waals surface area contributed by atoms with Crippen LogP contribution in [0.5, 0.6) is 0 Å². The zero-order valence-corrected chi connectivity index (χ0v) is 9.60. The Morgan fingerprint density at radius 3 is 2.80 bits per heavy atom. The first-order valence-corrected chi connectivity index (χ1v) is 5.42. The van der Waals surface area contributed by atoms with Gasteiger partial charge in [0.2, 0.25) is 0 Å². The van der Waals surface area contributed by atoms with Crippen LogP contribution in [-0.2, 0) is 6.54 Å². The fourth-order valence-corrected chi connectivity index (χ4v) is 1.64. The molecule has 0 radical (unpaired) electrons. The Balaban J connectivity index is 2.74. The predicted octanol–water partition coefficient (Wildman–Crippen LogP) is 2.26. The van der Waals surface area contributed by atoms with Gasteiger partial charge in [-0.15, -0.1) is 0 Å². The van der Waals surface area contributed by atoms with Gasteiger partial charge in [0.25, 0.3) is 0 Å². The molecule has 2 nitrogen and oxygen atoms in total. The molecule has 1 rings (SSSR count). The molecule has 0 fully saturated rings. The lowest BCUT2D eigenvalue weighted by Gasteiger charge is -2.19. The minimum atomic E-state index is -0.324. The van der Waals surface area contributed by atoms with Crippen molar-refractivity contribution in [1.82, 2.24) is 4.90 Å². The third-order valence-corrected chi connectivity index (χ3v) is 2.61. The molecular formula is C11H16ClFN2. The van der Waals surface area contributed by atoms with E-state index in [4.69, 9.17) is 17.3 Å². The zero-order chi connectivity index (χ0) is 11.3. The van der Waals surface area contributed by atoms with Crippen molar-refractivity contribution in [1.29, 1.82) is 0 Å². The molecule has 0 atom stereocenters. The van der Waals surface area contributed by atoms with Gasteiger partial charge in [-0.05, 0) is 12.6 Å². The maximum Gasteiger partial charge on any atom is 0.146 e. The maximum absolute atomic E-state index is 13.5. The quantitative estimate of drug-likeness (QED) is 0.841. The minimum Gasteiger partial charge on any atom is -0.329 e. The number of hydrogen-bond donors (Lipinski definition) is 1. The fraction of sp³-hybridized carbons (Fsp3) is 0.455. The van der Waals surface area contributed by atoms with Crippen LogP contribution in [0.2, 0.25) is 5.02 Å². The van der Waals surface area contributed by atoms with Crippen LogP contribution in [0.4, 0.5) is 4.39 Å². The highest BCUT2D eigenvalue weighted by molar-refractivity contribution is 6.30. The summed E-state index contributed by atoms with van der Waals surface area (Å²) in [6.45, 7) is 4.78. The van der Waals surface area contributed by atoms with E-state index in [0.29, 0.717) is 18.7 Å². The van der Waals surface area contributed by atoms with Crippen molar-refractivity contribution in [2.24, 2.45) is 5.73 Å². The van der Waals surface area contributed by atoms with Gasteiger partial charge in [0.05, 0.1) is 5.02 Å². The average Bonchev–Trinajstić information content (AvgIpc) is 2.24. The minimum absolute atomic E-state index is 0.177. The molecule has 0 amide bonds. The third-order valence-electron chi connectivity index (χ3n) is 2.32. The summed E-state index contributed by atoms with van der Waals surface area (Å²) in [5.41, 5.74) is 6.09. The van der Waals surface area contributed by atoms with E-state index in [0.717, 1.165) is 13.1 Å². The van der Waals surface area contributed by atoms with Gasteiger partial charge in [0.15, 0.2) is 0 Å². The second kappa shape index (κ2) is 6.05. The molecule has 0 heterocycles. The molecule has 15 heavy (non-hydrogen) atoms. The first-order chi connectivity index (χ1) is 7.19. The van der Waals surface area contributed by atoms with E-state index < -0.39 is 0 Å². The van der Waals surface area contributed by atoms with Crippen LogP contribution in [-0.4, -0.2) is 24.5 Å². The Bertz CT molecular complexity index is 317. The van der Waals surface area contributed by atoms with E-state index >= 15 is 0 Å². The van der Waals surface area contributed by atoms with Crippen molar-refractivity contribution in [2.75, 3.05) is 19.6 Å². The standard InChI is InChI=1S/C11H16ClFN2/c1-2-15(7-6-14)8-9-4-3-5-10(12)11(9)13/h3-5H,2,6-8,14H2,1H3. The number of hydrogen-bond acceptors (Lipinski definition) is 2. The number of nitrogens with two attached hydrogens (primary N) is 1. The molecule has 0 aliphatic rings. The Kier molecular flexibility index (Phi) is 5.02. The van der Waals surface area contributed by atoms with Crippen molar-refractivity contribution in [3.63, 3.8) is 0 Å². The normalized spacial score (nSPS) is 11.0. The average molecular weight is 231 g/mol. The predicted molar refractivity (Wildman–Crippen MR) is 61.4 cm³/mol. The Morgan fingerprint density at radius 2 is 2.20 bits per heavy atom. The van der Waals surface area contributed by atoms with Crippen molar-refractivity contribution in [3.8, 4) is 0 Å². The number of likely N-dealkylation sites (N-methyl/N-ethyl adjacent to an activating group) is 1. The number of halogens is 2. The van der Waals surface area contributed by atoms with Gasteiger partial charge in [-0.3, -0.25) is 4.90 Å². The van der Waals surface area contributed by atoms with Crippen LogP contribution in [0.15, 0.2) is 18.2 Å². The monoisotopic (exact) mass is 230 g/mol. The highest BCUT2D eigenvalue weighted by Gasteiger charge is 2.09. The van der Waals surface area contributed by atoms with E-state index in [1.165, 1.54) is 0 Å². The lowest BCUT2D eigenvalue weighted by molar-refractivity contribution is 0.284. The summed E-state index contributed by atoms with van der Waals surface area (Å²) in [6, 6.07) is 5.07. The largest absolute Gasteiger partial charge is 0.329 e. The summed E-state index contributed by atoms with van der Waals surface area (Å²) in [5, 5.41) is 0.177. The molecule has 0 aliphatic heterocycles. The molecule has 0 saturated heterocycles. The van der Waals surface area contributed by atoms with Crippen LogP contribution in [0, 0.1) is 5.82 Å². The van der Waals surface area contributed by atoms with Crippen molar-refractivity contribution < 1.29 is 4.39 Å². The maximum atomic E-state index is 13.5. The molecule has 0 saturated carbocycles. The lowest BCUT2D eigenvalue weighted by Crippen LogP contribution is -2.29. The van der Waals surface area contributed by atoms with Gasteiger partial charge in [-0.1, -0.05) is 30.7 Å². The van der Waals surface area contributed by atoms with Crippen LogP contribution in [0.1, 0.15) is 12.5 Å². The van der Waals surface area contributed by atoms with Gasteiger partial charge in [0.1, 0.15) is 5.82 Å². The summed E-state index contributed by atoms with van der Waals surface area (Å²) in [4.78, 5) is 2.08. The summed E-state index contributed by atoms with van der Waals surface area (Å²) in [5.74, 6) is -0.324. The number of rotatable bonds is 5. The molecule has 84 valence electrons. The molecule has 1 aromatic rings. The van der Waals surface area contributed by atoms with E-state index in [2.05, 4.69) is 4.90 Å². The second-order valence-corrected chi connectivity index (χ2v) is 3.78. The number of nitrogens with zero attached hydrogens (tertiary/aromatic N) is 1. The molecular weight excluding hydrogens is 215 g/mol. The Morgan fingerprint density at radius 1 is 1.47 bits per heavy atom. The SMILES string of the molecule is CCN(CCN)Cc1cccc(Cl)c1F. The van der Waals surface area contributed by atoms with Gasteiger partial charge < -0.3 is 5.73 Å². The van der Waals surface area contributed by atoms with Crippen molar-refractivity contribution in [3.05, 3.63) is 34.6 Å². The summed E-state index contributed by atoms with van der Waals surface area (Å²) < 4.78 is 13.5. The van der Waals surface area contributed by atoms with Crippen LogP contribution in [0.3, 0.4) is 0 Å². The van der Waals surface area contributed by atoms with E-state index in [1.54, 1.807) is 18.2 Å². The Hall–Kier alpha value is -0.640. The van der Waals surface area contributed by atoms with E-state index in [-0.39, 0.29) is 10.8 Å². The summed E-state index contributed by atoms with van der Waals surface area (Å²) in [6.07, 6.45) is 0. The van der Waals surface area contributed by atoms with E-state index in [9.17, 15) is 4.39 Å². The topological polar surface area (TPSA) is 29.3 Å². The summed E-state index contributed by atoms with van der Waals surface area (Å²) in [7, 11) is 0. The summed E-state index contributed by atoms with van der Waals surface area (Å²) >= 11 is 5.70. The smallest absolute Gasteiger partial charge is 0.146 e. The van der Waals surface area contributed by atoms with E-state index in [1.807, 2.05) is 6.92 Å². The first-order valence-electron chi connectivity index (χ1n) is 5.04. The fourth-order valence-electron chi connectivity index (χ4n) is 1.44. The zero-order valence-electron chi connectivity index (χ0n) is 8.84. The molecule has 0 spiro atoms. The molecule has 1 aromatic carbocycles. The van der Waals surface area contributed by atoms with Crippen LogP contribution >= 0.6 is 11.6 Å². The molecule has 2 N–H and O–H groups in total. The molecule has 4 heteroatoms. The molecule has 0 bridgehead atoms. The van der Waals surface area contributed by atoms with Crippen LogP contribution < -0.4 is 5.73 Å². The lowest BCUT2D eigenvalue weighted by atomic mass is 10.2. The van der Waals surface area contributed by atoms with Crippen molar-refractivity contribution in [2.45, 2.75) is 13.5 Å².